The zero-order chi connectivity index (χ0) is 7.83. The first kappa shape index (κ1) is 8.41. The molecule has 0 aromatic heterocycles. The van der Waals surface area contributed by atoms with Crippen LogP contribution in [0.3, 0.4) is 0 Å². The van der Waals surface area contributed by atoms with Gasteiger partial charge in [0.25, 0.3) is 0 Å². The van der Waals surface area contributed by atoms with Crippen LogP contribution in [0.1, 0.15) is 40.5 Å². The fourth-order valence-electron chi connectivity index (χ4n) is 0.554. The van der Waals surface area contributed by atoms with Gasteiger partial charge in [-0.15, -0.1) is 0 Å². The van der Waals surface area contributed by atoms with Crippen LogP contribution in [-0.2, 0) is 0 Å². The van der Waals surface area contributed by atoms with Crippen LogP contribution < -0.4 is 4.72 Å². The Morgan fingerprint density at radius 1 is 1.30 bits per heavy atom. The summed E-state index contributed by atoms with van der Waals surface area (Å²) >= 11 is 1.90. The van der Waals surface area contributed by atoms with Crippen LogP contribution in [0.25, 0.3) is 0 Å². The van der Waals surface area contributed by atoms with Crippen molar-refractivity contribution in [2.45, 2.75) is 50.8 Å². The molecule has 0 saturated heterocycles. The highest BCUT2D eigenvalue weighted by atomic mass is 32.2. The summed E-state index contributed by atoms with van der Waals surface area (Å²) in [6.45, 7) is 8.92. The van der Waals surface area contributed by atoms with Crippen molar-refractivity contribution in [1.29, 1.82) is 0 Å². The molecule has 0 atom stereocenters. The average molecular weight is 159 g/mol. The first-order valence-electron chi connectivity index (χ1n) is 3.87. The minimum absolute atomic E-state index is 0.260. The van der Waals surface area contributed by atoms with Gasteiger partial charge in [-0.3, -0.25) is 4.72 Å². The summed E-state index contributed by atoms with van der Waals surface area (Å²) < 4.78 is 4.00. The molecule has 0 spiro atoms. The summed E-state index contributed by atoms with van der Waals surface area (Å²) in [5, 5.41) is 0. The molecular formula is C8H17NS. The third-order valence-electron chi connectivity index (χ3n) is 1.56. The maximum Gasteiger partial charge on any atom is 0.0278 e. The van der Waals surface area contributed by atoms with E-state index in [0.29, 0.717) is 4.75 Å². The molecule has 1 rings (SSSR count). The molecule has 1 fully saturated rings. The molecule has 0 bridgehead atoms. The second kappa shape index (κ2) is 2.42. The summed E-state index contributed by atoms with van der Waals surface area (Å²) in [5.74, 6) is 0. The lowest BCUT2D eigenvalue weighted by Crippen LogP contribution is -2.31. The van der Waals surface area contributed by atoms with Gasteiger partial charge in [0.2, 0.25) is 0 Å². The van der Waals surface area contributed by atoms with Crippen molar-refractivity contribution in [1.82, 2.24) is 4.72 Å². The smallest absolute Gasteiger partial charge is 0.0278 e. The quantitative estimate of drug-likeness (QED) is 0.621. The number of rotatable bonds is 2. The standard InChI is InChI=1S/C8H17NS/c1-7(2,3)9-10-8(4)5-6-8/h9H,5-6H2,1-4H3. The lowest BCUT2D eigenvalue weighted by molar-refractivity contribution is 0.533. The van der Waals surface area contributed by atoms with E-state index >= 15 is 0 Å². The van der Waals surface area contributed by atoms with Crippen molar-refractivity contribution in [3.8, 4) is 0 Å². The van der Waals surface area contributed by atoms with Gasteiger partial charge in [-0.2, -0.15) is 0 Å². The van der Waals surface area contributed by atoms with Gasteiger partial charge >= 0.3 is 0 Å². The predicted octanol–water partition coefficient (Wildman–Crippen LogP) is 2.58. The van der Waals surface area contributed by atoms with E-state index in [0.717, 1.165) is 0 Å². The third-order valence-corrected chi connectivity index (χ3v) is 3.17. The molecule has 0 aromatic rings. The lowest BCUT2D eigenvalue weighted by atomic mass is 10.1. The minimum atomic E-state index is 0.260. The normalized spacial score (nSPS) is 22.8. The maximum atomic E-state index is 3.44. The Balaban J connectivity index is 2.17. The molecule has 2 heteroatoms. The summed E-state index contributed by atoms with van der Waals surface area (Å²) in [6, 6.07) is 0. The molecule has 0 aromatic carbocycles. The summed E-state index contributed by atoms with van der Waals surface area (Å²) in [7, 11) is 0. The van der Waals surface area contributed by atoms with E-state index < -0.39 is 0 Å². The Bertz CT molecular complexity index is 116. The second-order valence-corrected chi connectivity index (χ2v) is 5.80. The highest BCUT2D eigenvalue weighted by molar-refractivity contribution is 7.99. The van der Waals surface area contributed by atoms with Gasteiger partial charge < -0.3 is 0 Å². The minimum Gasteiger partial charge on any atom is -0.258 e. The van der Waals surface area contributed by atoms with Gasteiger partial charge in [-0.05, 0) is 40.5 Å². The molecule has 1 aliphatic carbocycles. The van der Waals surface area contributed by atoms with Gasteiger partial charge in [-0.25, -0.2) is 0 Å². The van der Waals surface area contributed by atoms with Crippen LogP contribution in [0, 0.1) is 0 Å². The molecule has 1 nitrogen and oxygen atoms in total. The zero-order valence-corrected chi connectivity index (χ0v) is 8.14. The zero-order valence-electron chi connectivity index (χ0n) is 7.32. The Kier molecular flexibility index (Phi) is 2.03. The summed E-state index contributed by atoms with van der Waals surface area (Å²) in [6.07, 6.45) is 2.75. The fourth-order valence-corrected chi connectivity index (χ4v) is 1.41. The first-order valence-corrected chi connectivity index (χ1v) is 4.68. The Morgan fingerprint density at radius 2 is 1.80 bits per heavy atom. The van der Waals surface area contributed by atoms with E-state index in [1.165, 1.54) is 12.8 Å². The van der Waals surface area contributed by atoms with Gasteiger partial charge in [0, 0.05) is 10.3 Å². The predicted molar refractivity (Wildman–Crippen MR) is 48.1 cm³/mol. The highest BCUT2D eigenvalue weighted by Gasteiger charge is 2.38. The van der Waals surface area contributed by atoms with E-state index in [2.05, 4.69) is 32.4 Å². The van der Waals surface area contributed by atoms with E-state index in [1.807, 2.05) is 11.9 Å². The summed E-state index contributed by atoms with van der Waals surface area (Å²) in [4.78, 5) is 0. The Labute approximate surface area is 68.1 Å². The number of hydrogen-bond acceptors (Lipinski definition) is 2. The van der Waals surface area contributed by atoms with Crippen LogP contribution in [0.2, 0.25) is 0 Å². The van der Waals surface area contributed by atoms with Gasteiger partial charge in [0.1, 0.15) is 0 Å². The molecule has 60 valence electrons. The molecule has 0 radical (unpaired) electrons. The highest BCUT2D eigenvalue weighted by Crippen LogP contribution is 2.46. The molecule has 0 amide bonds. The van der Waals surface area contributed by atoms with Gasteiger partial charge in [0.15, 0.2) is 0 Å². The van der Waals surface area contributed by atoms with Crippen molar-refractivity contribution in [2.75, 3.05) is 0 Å². The lowest BCUT2D eigenvalue weighted by Gasteiger charge is -2.21. The average Bonchev–Trinajstić information content (AvgIpc) is 2.43. The summed E-state index contributed by atoms with van der Waals surface area (Å²) in [5.41, 5.74) is 0.260. The Morgan fingerprint density at radius 3 is 2.10 bits per heavy atom. The van der Waals surface area contributed by atoms with Crippen LogP contribution in [0.5, 0.6) is 0 Å². The van der Waals surface area contributed by atoms with Crippen molar-refractivity contribution in [2.24, 2.45) is 0 Å². The van der Waals surface area contributed by atoms with Crippen LogP contribution >= 0.6 is 11.9 Å². The second-order valence-electron chi connectivity index (χ2n) is 4.40. The van der Waals surface area contributed by atoms with Crippen molar-refractivity contribution in [3.05, 3.63) is 0 Å². The molecule has 1 aliphatic rings. The van der Waals surface area contributed by atoms with Gasteiger partial charge in [-0.1, -0.05) is 11.9 Å². The molecule has 0 unspecified atom stereocenters. The van der Waals surface area contributed by atoms with E-state index in [-0.39, 0.29) is 5.54 Å². The van der Waals surface area contributed by atoms with Crippen LogP contribution in [0.15, 0.2) is 0 Å². The molecule has 10 heavy (non-hydrogen) atoms. The van der Waals surface area contributed by atoms with E-state index in [1.54, 1.807) is 0 Å². The number of nitrogens with one attached hydrogen (secondary N) is 1. The molecule has 0 heterocycles. The number of hydrogen-bond donors (Lipinski definition) is 1. The van der Waals surface area contributed by atoms with Crippen LogP contribution in [0.4, 0.5) is 0 Å². The molecule has 0 aliphatic heterocycles. The van der Waals surface area contributed by atoms with Crippen molar-refractivity contribution in [3.63, 3.8) is 0 Å². The monoisotopic (exact) mass is 159 g/mol. The molecule has 1 N–H and O–H groups in total. The third kappa shape index (κ3) is 2.93. The molecule has 1 saturated carbocycles. The fraction of sp³-hybridized carbons (Fsp3) is 1.00. The van der Waals surface area contributed by atoms with E-state index in [4.69, 9.17) is 0 Å². The van der Waals surface area contributed by atoms with Crippen molar-refractivity contribution < 1.29 is 0 Å². The van der Waals surface area contributed by atoms with E-state index in [9.17, 15) is 0 Å². The maximum absolute atomic E-state index is 3.44. The van der Waals surface area contributed by atoms with Crippen molar-refractivity contribution >= 4 is 11.9 Å². The topological polar surface area (TPSA) is 12.0 Å². The SMILES string of the molecule is CC(C)(C)NSC1(C)CC1. The first-order chi connectivity index (χ1) is 4.41. The molecular weight excluding hydrogens is 142 g/mol. The van der Waals surface area contributed by atoms with Crippen LogP contribution in [-0.4, -0.2) is 10.3 Å². The Hall–Kier alpha value is 0.310. The largest absolute Gasteiger partial charge is 0.258 e. The van der Waals surface area contributed by atoms with Gasteiger partial charge in [0.05, 0.1) is 0 Å².